The van der Waals surface area contributed by atoms with Crippen LogP contribution in [0.5, 0.6) is 0 Å². The highest BCUT2D eigenvalue weighted by Crippen LogP contribution is 2.13. The van der Waals surface area contributed by atoms with E-state index in [-0.39, 0.29) is 5.56 Å². The first-order chi connectivity index (χ1) is 11.1. The number of halogens is 1. The maximum Gasteiger partial charge on any atom is 0.340 e. The number of carboxylic acids is 1. The van der Waals surface area contributed by atoms with Crippen molar-refractivity contribution in [1.29, 1.82) is 0 Å². The van der Waals surface area contributed by atoms with E-state index in [1.54, 1.807) is 4.57 Å². The molecule has 0 atom stereocenters. The van der Waals surface area contributed by atoms with Crippen molar-refractivity contribution >= 4 is 5.97 Å². The van der Waals surface area contributed by atoms with Crippen molar-refractivity contribution < 1.29 is 14.3 Å². The zero-order chi connectivity index (χ0) is 16.9. The summed E-state index contributed by atoms with van der Waals surface area (Å²) in [7, 11) is 0. The Morgan fingerprint density at radius 1 is 0.913 bits per heavy atom. The zero-order valence-electron chi connectivity index (χ0n) is 14.5. The van der Waals surface area contributed by atoms with Crippen molar-refractivity contribution in [3.05, 3.63) is 23.8 Å². The van der Waals surface area contributed by atoms with Gasteiger partial charge in [0.15, 0.2) is 5.82 Å². The molecular weight excluding hydrogens is 293 g/mol. The molecule has 23 heavy (non-hydrogen) atoms. The van der Waals surface area contributed by atoms with Gasteiger partial charge in [0.2, 0.25) is 0 Å². The summed E-state index contributed by atoms with van der Waals surface area (Å²) >= 11 is 0. The summed E-state index contributed by atoms with van der Waals surface area (Å²) in [5.74, 6) is -1.84. The summed E-state index contributed by atoms with van der Waals surface area (Å²) in [5, 5.41) is 8.80. The molecule has 0 aromatic carbocycles. The number of unbranched alkanes of at least 4 members (excludes halogenated alkanes) is 11. The third-order valence-electron chi connectivity index (χ3n) is 4.33. The zero-order valence-corrected chi connectivity index (χ0v) is 14.5. The van der Waals surface area contributed by atoms with Crippen LogP contribution in [0, 0.1) is 5.82 Å². The lowest BCUT2D eigenvalue weighted by molar-refractivity contribution is 0.0692. The van der Waals surface area contributed by atoms with Gasteiger partial charge in [-0.25, -0.2) is 9.18 Å². The van der Waals surface area contributed by atoms with Crippen LogP contribution in [0.1, 0.15) is 94.3 Å². The standard InChI is InChI=1S/C19H32FNO2/c1-2-3-4-5-6-7-8-9-10-11-12-13-14-21-15-17(19(22)23)18(20)16-21/h15-16H,2-14H2,1H3,(H,22,23). The second-order valence-electron chi connectivity index (χ2n) is 6.45. The molecule has 1 heterocycles. The normalized spacial score (nSPS) is 11.0. The number of rotatable bonds is 14. The van der Waals surface area contributed by atoms with Gasteiger partial charge in [0.1, 0.15) is 5.56 Å². The van der Waals surface area contributed by atoms with Gasteiger partial charge < -0.3 is 9.67 Å². The summed E-state index contributed by atoms with van der Waals surface area (Å²) in [5.41, 5.74) is -0.232. The Balaban J connectivity index is 1.94. The topological polar surface area (TPSA) is 42.2 Å². The van der Waals surface area contributed by atoms with Crippen molar-refractivity contribution in [2.24, 2.45) is 0 Å². The van der Waals surface area contributed by atoms with Gasteiger partial charge in [-0.15, -0.1) is 0 Å². The maximum absolute atomic E-state index is 13.3. The van der Waals surface area contributed by atoms with Crippen molar-refractivity contribution in [2.45, 2.75) is 90.5 Å². The number of aromatic nitrogens is 1. The first kappa shape index (κ1) is 19.7. The summed E-state index contributed by atoms with van der Waals surface area (Å²) < 4.78 is 15.0. The molecule has 0 saturated carbocycles. The number of hydrogen-bond donors (Lipinski definition) is 1. The van der Waals surface area contributed by atoms with Gasteiger partial charge in [0, 0.05) is 18.9 Å². The van der Waals surface area contributed by atoms with E-state index in [1.807, 2.05) is 0 Å². The molecular formula is C19H32FNO2. The fourth-order valence-corrected chi connectivity index (χ4v) is 2.90. The van der Waals surface area contributed by atoms with E-state index in [9.17, 15) is 9.18 Å². The lowest BCUT2D eigenvalue weighted by Crippen LogP contribution is -1.97. The summed E-state index contributed by atoms with van der Waals surface area (Å²) in [6, 6.07) is 0. The molecule has 0 spiro atoms. The molecule has 0 amide bonds. The Morgan fingerprint density at radius 2 is 1.39 bits per heavy atom. The predicted octanol–water partition coefficient (Wildman–Crippen LogP) is 6.03. The van der Waals surface area contributed by atoms with Crippen LogP contribution in [-0.2, 0) is 6.54 Å². The second kappa shape index (κ2) is 12.1. The first-order valence-electron chi connectivity index (χ1n) is 9.23. The van der Waals surface area contributed by atoms with E-state index in [1.165, 1.54) is 76.6 Å². The van der Waals surface area contributed by atoms with Crippen LogP contribution in [0.4, 0.5) is 4.39 Å². The predicted molar refractivity (Wildman–Crippen MR) is 92.4 cm³/mol. The number of aromatic carboxylic acids is 1. The van der Waals surface area contributed by atoms with Crippen molar-refractivity contribution in [3.63, 3.8) is 0 Å². The molecule has 0 aliphatic rings. The molecule has 0 unspecified atom stereocenters. The monoisotopic (exact) mass is 325 g/mol. The molecule has 3 nitrogen and oxygen atoms in total. The minimum atomic E-state index is -1.20. The Hall–Kier alpha value is -1.32. The summed E-state index contributed by atoms with van der Waals surface area (Å²) in [6.07, 6.45) is 18.1. The van der Waals surface area contributed by atoms with Gasteiger partial charge in [0.25, 0.3) is 0 Å². The third-order valence-corrected chi connectivity index (χ3v) is 4.33. The van der Waals surface area contributed by atoms with Crippen molar-refractivity contribution in [1.82, 2.24) is 4.57 Å². The number of hydrogen-bond acceptors (Lipinski definition) is 1. The molecule has 132 valence electrons. The van der Waals surface area contributed by atoms with Crippen LogP contribution >= 0.6 is 0 Å². The van der Waals surface area contributed by atoms with E-state index in [0.29, 0.717) is 6.54 Å². The van der Waals surface area contributed by atoms with Crippen LogP contribution in [0.25, 0.3) is 0 Å². The molecule has 0 fully saturated rings. The highest BCUT2D eigenvalue weighted by atomic mass is 19.1. The fraction of sp³-hybridized carbons (Fsp3) is 0.737. The SMILES string of the molecule is CCCCCCCCCCCCCCn1cc(F)c(C(=O)O)c1. The van der Waals surface area contributed by atoms with Gasteiger partial charge in [-0.05, 0) is 6.42 Å². The second-order valence-corrected chi connectivity index (χ2v) is 6.45. The molecule has 0 aliphatic carbocycles. The van der Waals surface area contributed by atoms with E-state index in [4.69, 9.17) is 5.11 Å². The van der Waals surface area contributed by atoms with Crippen molar-refractivity contribution in [3.8, 4) is 0 Å². The van der Waals surface area contributed by atoms with Gasteiger partial charge in [-0.1, -0.05) is 77.6 Å². The lowest BCUT2D eigenvalue weighted by atomic mass is 10.1. The van der Waals surface area contributed by atoms with E-state index >= 15 is 0 Å². The van der Waals surface area contributed by atoms with E-state index < -0.39 is 11.8 Å². The van der Waals surface area contributed by atoms with E-state index in [2.05, 4.69) is 6.92 Å². The quantitative estimate of drug-likeness (QED) is 0.424. The molecule has 1 N–H and O–H groups in total. The van der Waals surface area contributed by atoms with Gasteiger partial charge >= 0.3 is 5.97 Å². The van der Waals surface area contributed by atoms with Crippen molar-refractivity contribution in [2.75, 3.05) is 0 Å². The number of nitrogens with zero attached hydrogens (tertiary/aromatic N) is 1. The van der Waals surface area contributed by atoms with Crippen LogP contribution in [0.2, 0.25) is 0 Å². The smallest absolute Gasteiger partial charge is 0.340 e. The molecule has 4 heteroatoms. The van der Waals surface area contributed by atoms with Gasteiger partial charge in [0.05, 0.1) is 0 Å². The average molecular weight is 325 g/mol. The Bertz CT molecular complexity index is 443. The number of carbonyl (C=O) groups is 1. The lowest BCUT2D eigenvalue weighted by Gasteiger charge is -2.04. The number of aryl methyl sites for hydroxylation is 1. The number of carboxylic acid groups (broad SMARTS) is 1. The summed E-state index contributed by atoms with van der Waals surface area (Å²) in [4.78, 5) is 10.8. The Labute approximate surface area is 139 Å². The Morgan fingerprint density at radius 3 is 1.83 bits per heavy atom. The first-order valence-corrected chi connectivity index (χ1v) is 9.23. The Kier molecular flexibility index (Phi) is 10.4. The summed E-state index contributed by atoms with van der Waals surface area (Å²) in [6.45, 7) is 2.94. The minimum Gasteiger partial charge on any atom is -0.478 e. The third kappa shape index (κ3) is 8.77. The van der Waals surface area contributed by atoms with E-state index in [0.717, 1.165) is 12.8 Å². The van der Waals surface area contributed by atoms with Crippen LogP contribution < -0.4 is 0 Å². The molecule has 0 saturated heterocycles. The van der Waals surface area contributed by atoms with Crippen LogP contribution in [-0.4, -0.2) is 15.6 Å². The molecule has 1 rings (SSSR count). The largest absolute Gasteiger partial charge is 0.478 e. The molecule has 1 aromatic heterocycles. The molecule has 0 aliphatic heterocycles. The molecule has 0 radical (unpaired) electrons. The molecule has 0 bridgehead atoms. The van der Waals surface area contributed by atoms with Crippen LogP contribution in [0.3, 0.4) is 0 Å². The fourth-order valence-electron chi connectivity index (χ4n) is 2.90. The van der Waals surface area contributed by atoms with Gasteiger partial charge in [-0.3, -0.25) is 0 Å². The molecule has 1 aromatic rings. The average Bonchev–Trinajstić information content (AvgIpc) is 2.89. The highest BCUT2D eigenvalue weighted by Gasteiger charge is 2.12. The van der Waals surface area contributed by atoms with Gasteiger partial charge in [-0.2, -0.15) is 0 Å². The minimum absolute atomic E-state index is 0.232. The highest BCUT2D eigenvalue weighted by molar-refractivity contribution is 5.87. The van der Waals surface area contributed by atoms with Crippen LogP contribution in [0.15, 0.2) is 12.4 Å². The maximum atomic E-state index is 13.3.